The molecule has 92 valence electrons. The molecule has 0 amide bonds. The van der Waals surface area contributed by atoms with Crippen molar-refractivity contribution in [3.63, 3.8) is 0 Å². The standard InChI is InChI=1S/C12H23N3S/c1-5-11(12-13-6-7-15(12)3)14-8-10(2)9-16-4/h6-7,10-11,14H,5,8-9H2,1-4H3. The van der Waals surface area contributed by atoms with E-state index in [4.69, 9.17) is 0 Å². The number of nitrogens with one attached hydrogen (secondary N) is 1. The third-order valence-electron chi connectivity index (χ3n) is 2.74. The van der Waals surface area contributed by atoms with Crippen molar-refractivity contribution in [2.75, 3.05) is 18.6 Å². The van der Waals surface area contributed by atoms with Crippen LogP contribution in [-0.4, -0.2) is 28.1 Å². The predicted molar refractivity (Wildman–Crippen MR) is 71.8 cm³/mol. The summed E-state index contributed by atoms with van der Waals surface area (Å²) < 4.78 is 2.10. The summed E-state index contributed by atoms with van der Waals surface area (Å²) in [6, 6.07) is 0.379. The van der Waals surface area contributed by atoms with Crippen molar-refractivity contribution in [3.8, 4) is 0 Å². The Morgan fingerprint density at radius 1 is 1.56 bits per heavy atom. The second-order valence-corrected chi connectivity index (χ2v) is 5.24. The molecule has 2 atom stereocenters. The fraction of sp³-hybridized carbons (Fsp3) is 0.750. The summed E-state index contributed by atoms with van der Waals surface area (Å²) in [7, 11) is 2.05. The molecule has 0 radical (unpaired) electrons. The van der Waals surface area contributed by atoms with Gasteiger partial charge in [-0.05, 0) is 30.9 Å². The quantitative estimate of drug-likeness (QED) is 0.795. The minimum Gasteiger partial charge on any atom is -0.337 e. The highest BCUT2D eigenvalue weighted by molar-refractivity contribution is 7.98. The van der Waals surface area contributed by atoms with Crippen molar-refractivity contribution in [2.45, 2.75) is 26.3 Å². The highest BCUT2D eigenvalue weighted by Gasteiger charge is 2.13. The van der Waals surface area contributed by atoms with Crippen LogP contribution in [0.3, 0.4) is 0 Å². The lowest BCUT2D eigenvalue weighted by atomic mass is 10.1. The van der Waals surface area contributed by atoms with Crippen molar-refractivity contribution in [2.24, 2.45) is 13.0 Å². The van der Waals surface area contributed by atoms with E-state index in [9.17, 15) is 0 Å². The van der Waals surface area contributed by atoms with Crippen molar-refractivity contribution >= 4 is 11.8 Å². The van der Waals surface area contributed by atoms with Crippen LogP contribution in [-0.2, 0) is 7.05 Å². The summed E-state index contributed by atoms with van der Waals surface area (Å²) in [6.45, 7) is 5.55. The monoisotopic (exact) mass is 241 g/mol. The molecule has 0 aliphatic carbocycles. The minimum absolute atomic E-state index is 0.379. The van der Waals surface area contributed by atoms with Gasteiger partial charge in [0.25, 0.3) is 0 Å². The second kappa shape index (κ2) is 6.97. The predicted octanol–water partition coefficient (Wildman–Crippen LogP) is 2.46. The summed E-state index contributed by atoms with van der Waals surface area (Å²) >= 11 is 1.91. The zero-order chi connectivity index (χ0) is 12.0. The van der Waals surface area contributed by atoms with Crippen molar-refractivity contribution in [1.82, 2.24) is 14.9 Å². The number of hydrogen-bond acceptors (Lipinski definition) is 3. The van der Waals surface area contributed by atoms with Gasteiger partial charge in [0.15, 0.2) is 0 Å². The molecule has 0 saturated carbocycles. The average Bonchev–Trinajstić information content (AvgIpc) is 2.66. The number of thioether (sulfide) groups is 1. The Kier molecular flexibility index (Phi) is 5.91. The zero-order valence-electron chi connectivity index (χ0n) is 10.7. The lowest BCUT2D eigenvalue weighted by Gasteiger charge is -2.19. The largest absolute Gasteiger partial charge is 0.337 e. The summed E-state index contributed by atoms with van der Waals surface area (Å²) in [5.74, 6) is 3.06. The highest BCUT2D eigenvalue weighted by atomic mass is 32.2. The maximum atomic E-state index is 4.41. The van der Waals surface area contributed by atoms with Crippen LogP contribution in [0.25, 0.3) is 0 Å². The Morgan fingerprint density at radius 3 is 2.81 bits per heavy atom. The van der Waals surface area contributed by atoms with E-state index in [0.29, 0.717) is 12.0 Å². The van der Waals surface area contributed by atoms with E-state index in [1.54, 1.807) is 0 Å². The van der Waals surface area contributed by atoms with Gasteiger partial charge in [-0.1, -0.05) is 13.8 Å². The molecule has 1 aromatic rings. The highest BCUT2D eigenvalue weighted by Crippen LogP contribution is 2.14. The number of rotatable bonds is 7. The van der Waals surface area contributed by atoms with Crippen LogP contribution >= 0.6 is 11.8 Å². The van der Waals surface area contributed by atoms with E-state index in [-0.39, 0.29) is 0 Å². The minimum atomic E-state index is 0.379. The molecular formula is C12H23N3S. The van der Waals surface area contributed by atoms with Crippen LogP contribution in [0.2, 0.25) is 0 Å². The lowest BCUT2D eigenvalue weighted by Crippen LogP contribution is -2.28. The number of aryl methyl sites for hydroxylation is 1. The molecule has 0 fully saturated rings. The maximum Gasteiger partial charge on any atom is 0.125 e. The molecule has 2 unspecified atom stereocenters. The normalized spacial score (nSPS) is 15.0. The molecule has 0 spiro atoms. The molecule has 16 heavy (non-hydrogen) atoms. The summed E-state index contributed by atoms with van der Waals surface area (Å²) in [4.78, 5) is 4.41. The third-order valence-corrected chi connectivity index (χ3v) is 3.64. The first-order chi connectivity index (χ1) is 7.69. The third kappa shape index (κ3) is 3.83. The second-order valence-electron chi connectivity index (χ2n) is 4.33. The van der Waals surface area contributed by atoms with Crippen molar-refractivity contribution < 1.29 is 0 Å². The number of imidazole rings is 1. The van der Waals surface area contributed by atoms with Crippen LogP contribution in [0.5, 0.6) is 0 Å². The van der Waals surface area contributed by atoms with Crippen LogP contribution in [0.1, 0.15) is 32.1 Å². The first-order valence-corrected chi connectivity index (χ1v) is 7.28. The molecule has 4 heteroatoms. The Labute approximate surface area is 103 Å². The first-order valence-electron chi connectivity index (χ1n) is 5.88. The summed E-state index contributed by atoms with van der Waals surface area (Å²) in [5, 5.41) is 3.60. The van der Waals surface area contributed by atoms with Gasteiger partial charge in [0, 0.05) is 19.4 Å². The van der Waals surface area contributed by atoms with Crippen LogP contribution < -0.4 is 5.32 Å². The van der Waals surface area contributed by atoms with E-state index in [0.717, 1.165) is 18.8 Å². The Morgan fingerprint density at radius 2 is 2.31 bits per heavy atom. The van der Waals surface area contributed by atoms with Gasteiger partial charge in [-0.3, -0.25) is 0 Å². The molecule has 1 aromatic heterocycles. The maximum absolute atomic E-state index is 4.41. The fourth-order valence-corrected chi connectivity index (χ4v) is 2.50. The molecule has 1 heterocycles. The van der Waals surface area contributed by atoms with Gasteiger partial charge in [0.2, 0.25) is 0 Å². The van der Waals surface area contributed by atoms with Gasteiger partial charge in [-0.15, -0.1) is 0 Å². The molecular weight excluding hydrogens is 218 g/mol. The number of aromatic nitrogens is 2. The topological polar surface area (TPSA) is 29.9 Å². The molecule has 0 saturated heterocycles. The van der Waals surface area contributed by atoms with Gasteiger partial charge >= 0.3 is 0 Å². The van der Waals surface area contributed by atoms with E-state index < -0.39 is 0 Å². The number of hydrogen-bond donors (Lipinski definition) is 1. The Bertz CT molecular complexity index is 298. The molecule has 0 bridgehead atoms. The molecule has 0 aromatic carbocycles. The molecule has 0 aliphatic heterocycles. The summed E-state index contributed by atoms with van der Waals surface area (Å²) in [6.07, 6.45) is 7.11. The Hall–Kier alpha value is -0.480. The lowest BCUT2D eigenvalue weighted by molar-refractivity contribution is 0.444. The molecule has 0 aliphatic rings. The van der Waals surface area contributed by atoms with Crippen LogP contribution in [0.15, 0.2) is 12.4 Å². The fourth-order valence-electron chi connectivity index (χ4n) is 1.82. The SMILES string of the molecule is CCC(NCC(C)CSC)c1nccn1C. The zero-order valence-corrected chi connectivity index (χ0v) is 11.5. The average molecular weight is 241 g/mol. The van der Waals surface area contributed by atoms with Gasteiger partial charge in [-0.2, -0.15) is 11.8 Å². The van der Waals surface area contributed by atoms with E-state index in [1.165, 1.54) is 5.75 Å². The number of nitrogens with zero attached hydrogens (tertiary/aromatic N) is 2. The molecule has 1 N–H and O–H groups in total. The van der Waals surface area contributed by atoms with E-state index in [2.05, 4.69) is 42.0 Å². The molecule has 1 rings (SSSR count). The summed E-state index contributed by atoms with van der Waals surface area (Å²) in [5.41, 5.74) is 0. The van der Waals surface area contributed by atoms with Crippen LogP contribution in [0.4, 0.5) is 0 Å². The van der Waals surface area contributed by atoms with E-state index in [1.807, 2.05) is 24.2 Å². The van der Waals surface area contributed by atoms with Crippen LogP contribution in [0, 0.1) is 5.92 Å². The molecule has 3 nitrogen and oxygen atoms in total. The van der Waals surface area contributed by atoms with Gasteiger partial charge in [0.1, 0.15) is 5.82 Å². The Balaban J connectivity index is 2.47. The van der Waals surface area contributed by atoms with Crippen molar-refractivity contribution in [3.05, 3.63) is 18.2 Å². The van der Waals surface area contributed by atoms with Crippen molar-refractivity contribution in [1.29, 1.82) is 0 Å². The van der Waals surface area contributed by atoms with Gasteiger partial charge in [-0.25, -0.2) is 4.98 Å². The first kappa shape index (κ1) is 13.6. The van der Waals surface area contributed by atoms with E-state index >= 15 is 0 Å². The van der Waals surface area contributed by atoms with Gasteiger partial charge < -0.3 is 9.88 Å². The van der Waals surface area contributed by atoms with Gasteiger partial charge in [0.05, 0.1) is 6.04 Å². The smallest absolute Gasteiger partial charge is 0.125 e.